The normalized spacial score (nSPS) is 14.2. The summed E-state index contributed by atoms with van der Waals surface area (Å²) in [6.07, 6.45) is 0.841. The van der Waals surface area contributed by atoms with Crippen molar-refractivity contribution in [1.82, 2.24) is 0 Å². The molecule has 2 aromatic rings. The van der Waals surface area contributed by atoms with E-state index in [1.165, 1.54) is 17.8 Å². The van der Waals surface area contributed by atoms with Crippen LogP contribution in [0, 0.1) is 12.7 Å². The van der Waals surface area contributed by atoms with Crippen LogP contribution in [0.15, 0.2) is 36.4 Å². The van der Waals surface area contributed by atoms with Gasteiger partial charge in [0.2, 0.25) is 10.0 Å². The molecule has 0 unspecified atom stereocenters. The van der Waals surface area contributed by atoms with Crippen LogP contribution in [0.3, 0.4) is 0 Å². The highest BCUT2D eigenvalue weighted by molar-refractivity contribution is 8.13. The number of benzene rings is 2. The van der Waals surface area contributed by atoms with E-state index in [9.17, 15) is 17.6 Å². The quantitative estimate of drug-likeness (QED) is 0.755. The predicted octanol–water partition coefficient (Wildman–Crippen LogP) is 4.66. The molecule has 1 aliphatic rings. The molecule has 0 radical (unpaired) electrons. The molecule has 0 bridgehead atoms. The van der Waals surface area contributed by atoms with E-state index in [1.54, 1.807) is 42.2 Å². The lowest BCUT2D eigenvalue weighted by Crippen LogP contribution is -2.31. The molecule has 2 aromatic carbocycles. The first-order valence-electron chi connectivity index (χ1n) is 8.62. The molecule has 0 saturated carbocycles. The average Bonchev–Trinajstić information content (AvgIpc) is 2.60. The van der Waals surface area contributed by atoms with Crippen molar-refractivity contribution in [1.29, 1.82) is 0 Å². The van der Waals surface area contributed by atoms with Gasteiger partial charge >= 0.3 is 0 Å². The van der Waals surface area contributed by atoms with Gasteiger partial charge in [-0.15, -0.1) is 0 Å². The fourth-order valence-corrected chi connectivity index (χ4v) is 4.97. The summed E-state index contributed by atoms with van der Waals surface area (Å²) in [7, 11) is -3.68. The number of thioether (sulfide) groups is 1. The number of anilines is 2. The number of hydrogen-bond donors (Lipinski definition) is 1. The Kier molecular flexibility index (Phi) is 5.76. The lowest BCUT2D eigenvalue weighted by atomic mass is 10.1. The standard InChI is InChI=1S/C19H21FN2O3S2/c1-3-8-22-18-7-6-16(10-15(18)11-26-19(22)23)21-27(24,25)12-14-5-4-13(2)17(20)9-14/h4-7,9-10,21H,3,8,11-12H2,1-2H3. The van der Waals surface area contributed by atoms with Gasteiger partial charge in [-0.1, -0.05) is 30.8 Å². The van der Waals surface area contributed by atoms with Crippen molar-refractivity contribution in [3.8, 4) is 0 Å². The van der Waals surface area contributed by atoms with Crippen LogP contribution >= 0.6 is 11.8 Å². The molecule has 8 heteroatoms. The van der Waals surface area contributed by atoms with Gasteiger partial charge in [-0.05, 0) is 54.3 Å². The molecule has 1 aliphatic heterocycles. The second kappa shape index (κ2) is 7.90. The van der Waals surface area contributed by atoms with E-state index in [0.29, 0.717) is 29.1 Å². The van der Waals surface area contributed by atoms with Gasteiger partial charge in [-0.2, -0.15) is 0 Å². The minimum Gasteiger partial charge on any atom is -0.303 e. The molecule has 0 atom stereocenters. The molecular formula is C19H21FN2O3S2. The summed E-state index contributed by atoms with van der Waals surface area (Å²) in [4.78, 5) is 13.8. The number of hydrogen-bond acceptors (Lipinski definition) is 4. The van der Waals surface area contributed by atoms with Gasteiger partial charge in [0.25, 0.3) is 5.24 Å². The molecule has 5 nitrogen and oxygen atoms in total. The van der Waals surface area contributed by atoms with Gasteiger partial charge in [-0.3, -0.25) is 9.52 Å². The zero-order valence-electron chi connectivity index (χ0n) is 15.2. The maximum Gasteiger partial charge on any atom is 0.286 e. The van der Waals surface area contributed by atoms with Crippen molar-refractivity contribution in [3.63, 3.8) is 0 Å². The zero-order valence-corrected chi connectivity index (χ0v) is 16.8. The molecule has 144 valence electrons. The Morgan fingerprint density at radius 2 is 2.00 bits per heavy atom. The van der Waals surface area contributed by atoms with Gasteiger partial charge in [0.15, 0.2) is 0 Å². The third-order valence-corrected chi connectivity index (χ3v) is 6.44. The van der Waals surface area contributed by atoms with E-state index < -0.39 is 15.8 Å². The van der Waals surface area contributed by atoms with Crippen LogP contribution in [0.5, 0.6) is 0 Å². The van der Waals surface area contributed by atoms with Crippen LogP contribution < -0.4 is 9.62 Å². The Morgan fingerprint density at radius 3 is 2.70 bits per heavy atom. The number of carbonyl (C=O) groups excluding carboxylic acids is 1. The maximum atomic E-state index is 13.7. The molecule has 0 spiro atoms. The fraction of sp³-hybridized carbons (Fsp3) is 0.316. The van der Waals surface area contributed by atoms with E-state index in [4.69, 9.17) is 0 Å². The van der Waals surface area contributed by atoms with Crippen LogP contribution in [-0.2, 0) is 21.5 Å². The van der Waals surface area contributed by atoms with Crippen LogP contribution in [0.25, 0.3) is 0 Å². The van der Waals surface area contributed by atoms with Crippen LogP contribution in [0.4, 0.5) is 20.6 Å². The second-order valence-electron chi connectivity index (χ2n) is 6.49. The molecule has 0 fully saturated rings. The van der Waals surface area contributed by atoms with E-state index >= 15 is 0 Å². The molecule has 27 heavy (non-hydrogen) atoms. The van der Waals surface area contributed by atoms with Gasteiger partial charge < -0.3 is 4.90 Å². The van der Waals surface area contributed by atoms with Gasteiger partial charge in [0.1, 0.15) is 5.82 Å². The third kappa shape index (κ3) is 4.62. The highest BCUT2D eigenvalue weighted by Gasteiger charge is 2.24. The highest BCUT2D eigenvalue weighted by Crippen LogP contribution is 2.35. The Bertz CT molecular complexity index is 977. The van der Waals surface area contributed by atoms with Crippen LogP contribution in [0.1, 0.15) is 30.0 Å². The monoisotopic (exact) mass is 408 g/mol. The molecule has 3 rings (SSSR count). The number of aryl methyl sites for hydroxylation is 1. The SMILES string of the molecule is CCCN1C(=O)SCc2cc(NS(=O)(=O)Cc3ccc(C)c(F)c3)ccc21. The predicted molar refractivity (Wildman–Crippen MR) is 108 cm³/mol. The Morgan fingerprint density at radius 1 is 1.22 bits per heavy atom. The van der Waals surface area contributed by atoms with E-state index in [2.05, 4.69) is 4.72 Å². The summed E-state index contributed by atoms with van der Waals surface area (Å²) >= 11 is 1.21. The second-order valence-corrected chi connectivity index (χ2v) is 9.14. The van der Waals surface area contributed by atoms with Gasteiger partial charge in [-0.25, -0.2) is 12.8 Å². The summed E-state index contributed by atoms with van der Waals surface area (Å²) in [5.41, 5.74) is 3.04. The Labute approximate surface area is 163 Å². The molecular weight excluding hydrogens is 387 g/mol. The van der Waals surface area contributed by atoms with Crippen molar-refractivity contribution in [2.24, 2.45) is 0 Å². The lowest BCUT2D eigenvalue weighted by molar-refractivity contribution is 0.264. The molecule has 0 aromatic heterocycles. The Balaban J connectivity index is 1.79. The van der Waals surface area contributed by atoms with E-state index in [0.717, 1.165) is 17.7 Å². The third-order valence-electron chi connectivity index (χ3n) is 4.26. The zero-order chi connectivity index (χ0) is 19.6. The van der Waals surface area contributed by atoms with Crippen LogP contribution in [-0.4, -0.2) is 20.2 Å². The number of amides is 1. The van der Waals surface area contributed by atoms with Gasteiger partial charge in [0.05, 0.1) is 5.75 Å². The van der Waals surface area contributed by atoms with Crippen LogP contribution in [0.2, 0.25) is 0 Å². The average molecular weight is 409 g/mol. The van der Waals surface area contributed by atoms with E-state index in [1.807, 2.05) is 6.92 Å². The first-order valence-corrected chi connectivity index (χ1v) is 11.3. The molecule has 0 aliphatic carbocycles. The summed E-state index contributed by atoms with van der Waals surface area (Å²) in [6.45, 7) is 4.26. The number of sulfonamides is 1. The summed E-state index contributed by atoms with van der Waals surface area (Å²) in [5, 5.41) is 0.0130. The number of nitrogens with zero attached hydrogens (tertiary/aromatic N) is 1. The first-order chi connectivity index (χ1) is 12.8. The molecule has 1 heterocycles. The van der Waals surface area contributed by atoms with E-state index in [-0.39, 0.29) is 11.0 Å². The fourth-order valence-electron chi connectivity index (χ4n) is 2.94. The first kappa shape index (κ1) is 19.7. The molecule has 1 amide bonds. The summed E-state index contributed by atoms with van der Waals surface area (Å²) in [6, 6.07) is 9.59. The molecule has 0 saturated heterocycles. The largest absolute Gasteiger partial charge is 0.303 e. The van der Waals surface area contributed by atoms with Crippen molar-refractivity contribution in [2.75, 3.05) is 16.2 Å². The number of carbonyl (C=O) groups is 1. The minimum absolute atomic E-state index is 0.0130. The minimum atomic E-state index is -3.68. The highest BCUT2D eigenvalue weighted by atomic mass is 32.2. The van der Waals surface area contributed by atoms with Crippen molar-refractivity contribution < 1.29 is 17.6 Å². The van der Waals surface area contributed by atoms with Crippen molar-refractivity contribution in [2.45, 2.75) is 31.8 Å². The van der Waals surface area contributed by atoms with Crippen molar-refractivity contribution >= 4 is 38.4 Å². The number of nitrogens with one attached hydrogen (secondary N) is 1. The summed E-state index contributed by atoms with van der Waals surface area (Å²) < 4.78 is 41.1. The summed E-state index contributed by atoms with van der Waals surface area (Å²) in [5.74, 6) is -0.224. The number of halogens is 1. The lowest BCUT2D eigenvalue weighted by Gasteiger charge is -2.28. The smallest absolute Gasteiger partial charge is 0.286 e. The van der Waals surface area contributed by atoms with Crippen molar-refractivity contribution in [3.05, 3.63) is 58.9 Å². The Hall–Kier alpha value is -2.06. The molecule has 1 N–H and O–H groups in total. The maximum absolute atomic E-state index is 13.7. The van der Waals surface area contributed by atoms with Gasteiger partial charge in [0, 0.05) is 23.7 Å². The number of rotatable bonds is 6. The number of fused-ring (bicyclic) bond motifs is 1. The topological polar surface area (TPSA) is 66.5 Å².